The molecule has 0 atom stereocenters. The van der Waals surface area contributed by atoms with Gasteiger partial charge in [-0.1, -0.05) is 41.4 Å². The van der Waals surface area contributed by atoms with E-state index in [0.29, 0.717) is 0 Å². The fourth-order valence-corrected chi connectivity index (χ4v) is 2.44. The fraction of sp³-hybridized carbons (Fsp3) is 0.200. The first-order chi connectivity index (χ1) is 8.58. The second-order valence-electron chi connectivity index (χ2n) is 4.44. The van der Waals surface area contributed by atoms with Gasteiger partial charge in [-0.3, -0.25) is 0 Å². The molecule has 1 nitrogen and oxygen atoms in total. The van der Waals surface area contributed by atoms with Crippen molar-refractivity contribution in [2.45, 2.75) is 6.42 Å². The molecule has 18 heavy (non-hydrogen) atoms. The number of halogens is 2. The van der Waals surface area contributed by atoms with Gasteiger partial charge in [-0.2, -0.15) is 0 Å². The molecule has 0 amide bonds. The van der Waals surface area contributed by atoms with Crippen molar-refractivity contribution in [3.63, 3.8) is 0 Å². The first kappa shape index (κ1) is 13.3. The van der Waals surface area contributed by atoms with Crippen LogP contribution < -0.4 is 4.90 Å². The van der Waals surface area contributed by atoms with E-state index in [4.69, 9.17) is 23.2 Å². The summed E-state index contributed by atoms with van der Waals surface area (Å²) in [5.41, 5.74) is 3.44. The monoisotopic (exact) mass is 279 g/mol. The third-order valence-electron chi connectivity index (χ3n) is 2.85. The fourth-order valence-electron chi connectivity index (χ4n) is 1.99. The average Bonchev–Trinajstić information content (AvgIpc) is 2.31. The zero-order valence-electron chi connectivity index (χ0n) is 10.5. The molecule has 0 aliphatic heterocycles. The van der Waals surface area contributed by atoms with Gasteiger partial charge in [0.15, 0.2) is 0 Å². The van der Waals surface area contributed by atoms with Crippen molar-refractivity contribution in [1.29, 1.82) is 0 Å². The van der Waals surface area contributed by atoms with Crippen LogP contribution in [-0.4, -0.2) is 14.1 Å². The van der Waals surface area contributed by atoms with Crippen LogP contribution in [0.25, 0.3) is 0 Å². The van der Waals surface area contributed by atoms with Gasteiger partial charge in [0.05, 0.1) is 0 Å². The summed E-state index contributed by atoms with van der Waals surface area (Å²) in [6.07, 6.45) is 0.785. The maximum atomic E-state index is 6.30. The van der Waals surface area contributed by atoms with E-state index in [2.05, 4.69) is 17.0 Å². The highest BCUT2D eigenvalue weighted by Gasteiger charge is 2.09. The Balaban J connectivity index is 2.39. The second-order valence-corrected chi connectivity index (χ2v) is 5.28. The summed E-state index contributed by atoms with van der Waals surface area (Å²) < 4.78 is 0. The molecule has 2 aromatic rings. The highest BCUT2D eigenvalue weighted by molar-refractivity contribution is 6.32. The van der Waals surface area contributed by atoms with Crippen molar-refractivity contribution in [2.75, 3.05) is 19.0 Å². The van der Waals surface area contributed by atoms with Gasteiger partial charge < -0.3 is 4.90 Å². The smallest absolute Gasteiger partial charge is 0.0462 e. The van der Waals surface area contributed by atoms with E-state index < -0.39 is 0 Å². The summed E-state index contributed by atoms with van der Waals surface area (Å²) in [5.74, 6) is 0. The Hall–Kier alpha value is -1.18. The summed E-state index contributed by atoms with van der Waals surface area (Å²) >= 11 is 12.3. The summed E-state index contributed by atoms with van der Waals surface area (Å²) in [4.78, 5) is 2.08. The zero-order chi connectivity index (χ0) is 13.1. The molecule has 0 N–H and O–H groups in total. The van der Waals surface area contributed by atoms with Gasteiger partial charge in [-0.15, -0.1) is 0 Å². The van der Waals surface area contributed by atoms with E-state index >= 15 is 0 Å². The maximum Gasteiger partial charge on any atom is 0.0462 e. The molecule has 0 unspecified atom stereocenters. The van der Waals surface area contributed by atoms with E-state index in [1.165, 1.54) is 5.56 Å². The Bertz CT molecular complexity index is 550. The molecule has 0 aromatic heterocycles. The molecule has 0 saturated carbocycles. The van der Waals surface area contributed by atoms with Crippen molar-refractivity contribution in [2.24, 2.45) is 0 Å². The van der Waals surface area contributed by atoms with Crippen molar-refractivity contribution in [3.8, 4) is 0 Å². The standard InChI is InChI=1S/C15H15Cl2N/c1-18(2)15-8-4-7-14(17)13(15)10-11-5-3-6-12(16)9-11/h3-9H,10H2,1-2H3. The summed E-state index contributed by atoms with van der Waals surface area (Å²) in [6, 6.07) is 13.9. The molecule has 0 bridgehead atoms. The molecule has 0 heterocycles. The van der Waals surface area contributed by atoms with Gasteiger partial charge in [-0.25, -0.2) is 0 Å². The Labute approximate surface area is 118 Å². The Morgan fingerprint density at radius 1 is 1.00 bits per heavy atom. The maximum absolute atomic E-state index is 6.30. The van der Waals surface area contributed by atoms with Crippen LogP contribution in [0.2, 0.25) is 10.0 Å². The Morgan fingerprint density at radius 2 is 1.72 bits per heavy atom. The number of hydrogen-bond donors (Lipinski definition) is 0. The molecular formula is C15H15Cl2N. The number of anilines is 1. The molecule has 2 rings (SSSR count). The summed E-state index contributed by atoms with van der Waals surface area (Å²) in [7, 11) is 4.04. The van der Waals surface area contributed by atoms with Crippen molar-refractivity contribution in [1.82, 2.24) is 0 Å². The van der Waals surface area contributed by atoms with Crippen LogP contribution in [0.1, 0.15) is 11.1 Å². The molecule has 0 aliphatic carbocycles. The predicted octanol–water partition coefficient (Wildman–Crippen LogP) is 4.65. The third-order valence-corrected chi connectivity index (χ3v) is 3.44. The van der Waals surface area contributed by atoms with E-state index in [9.17, 15) is 0 Å². The lowest BCUT2D eigenvalue weighted by molar-refractivity contribution is 1.08. The highest BCUT2D eigenvalue weighted by atomic mass is 35.5. The van der Waals surface area contributed by atoms with Crippen molar-refractivity contribution < 1.29 is 0 Å². The number of hydrogen-bond acceptors (Lipinski definition) is 1. The predicted molar refractivity (Wildman–Crippen MR) is 80.0 cm³/mol. The first-order valence-corrected chi connectivity index (χ1v) is 6.52. The van der Waals surface area contributed by atoms with Gasteiger partial charge >= 0.3 is 0 Å². The lowest BCUT2D eigenvalue weighted by Crippen LogP contribution is -2.11. The first-order valence-electron chi connectivity index (χ1n) is 5.77. The van der Waals surface area contributed by atoms with Crippen LogP contribution in [0.15, 0.2) is 42.5 Å². The molecule has 0 radical (unpaired) electrons. The quantitative estimate of drug-likeness (QED) is 0.791. The normalized spacial score (nSPS) is 10.4. The molecule has 0 aliphatic rings. The minimum Gasteiger partial charge on any atom is -0.377 e. The molecule has 0 spiro atoms. The second kappa shape index (κ2) is 5.64. The van der Waals surface area contributed by atoms with Gasteiger partial charge in [0.2, 0.25) is 0 Å². The van der Waals surface area contributed by atoms with Crippen LogP contribution in [-0.2, 0) is 6.42 Å². The lowest BCUT2D eigenvalue weighted by Gasteiger charge is -2.18. The Morgan fingerprint density at radius 3 is 2.39 bits per heavy atom. The van der Waals surface area contributed by atoms with E-state index in [-0.39, 0.29) is 0 Å². The summed E-state index contributed by atoms with van der Waals surface area (Å²) in [5, 5.41) is 1.55. The van der Waals surface area contributed by atoms with Crippen LogP contribution >= 0.6 is 23.2 Å². The van der Waals surface area contributed by atoms with Crippen LogP contribution in [0.3, 0.4) is 0 Å². The largest absolute Gasteiger partial charge is 0.377 e. The molecule has 0 saturated heterocycles. The minimum atomic E-state index is 0.756. The minimum absolute atomic E-state index is 0.756. The van der Waals surface area contributed by atoms with Crippen LogP contribution in [0, 0.1) is 0 Å². The lowest BCUT2D eigenvalue weighted by atomic mass is 10.0. The van der Waals surface area contributed by atoms with Gasteiger partial charge in [-0.05, 0) is 35.4 Å². The van der Waals surface area contributed by atoms with Crippen molar-refractivity contribution in [3.05, 3.63) is 63.6 Å². The topological polar surface area (TPSA) is 3.24 Å². The third kappa shape index (κ3) is 2.98. The molecular weight excluding hydrogens is 265 g/mol. The van der Waals surface area contributed by atoms with E-state index in [1.807, 2.05) is 44.4 Å². The van der Waals surface area contributed by atoms with Gasteiger partial charge in [0.25, 0.3) is 0 Å². The molecule has 0 fully saturated rings. The van der Waals surface area contributed by atoms with Crippen molar-refractivity contribution >= 4 is 28.9 Å². The number of rotatable bonds is 3. The SMILES string of the molecule is CN(C)c1cccc(Cl)c1Cc1cccc(Cl)c1. The number of nitrogens with zero attached hydrogens (tertiary/aromatic N) is 1. The van der Waals surface area contributed by atoms with Crippen LogP contribution in [0.5, 0.6) is 0 Å². The highest BCUT2D eigenvalue weighted by Crippen LogP contribution is 2.29. The Kier molecular flexibility index (Phi) is 4.15. The number of benzene rings is 2. The summed E-state index contributed by atoms with van der Waals surface area (Å²) in [6.45, 7) is 0. The zero-order valence-corrected chi connectivity index (χ0v) is 12.0. The molecule has 2 aromatic carbocycles. The van der Waals surface area contributed by atoms with E-state index in [0.717, 1.165) is 27.7 Å². The van der Waals surface area contributed by atoms with E-state index in [1.54, 1.807) is 0 Å². The molecule has 3 heteroatoms. The van der Waals surface area contributed by atoms with Crippen LogP contribution in [0.4, 0.5) is 5.69 Å². The van der Waals surface area contributed by atoms with Gasteiger partial charge in [0.1, 0.15) is 0 Å². The average molecular weight is 280 g/mol. The molecule has 94 valence electrons. The van der Waals surface area contributed by atoms with Gasteiger partial charge in [0, 0.05) is 36.2 Å².